The average Bonchev–Trinajstić information content (AvgIpc) is 2.69. The summed E-state index contributed by atoms with van der Waals surface area (Å²) < 4.78 is 0. The molecule has 0 saturated heterocycles. The van der Waals surface area contributed by atoms with E-state index in [1.807, 2.05) is 42.5 Å². The van der Waals surface area contributed by atoms with Crippen LogP contribution < -0.4 is 5.06 Å². The number of benzene rings is 3. The van der Waals surface area contributed by atoms with Crippen LogP contribution >= 0.6 is 0 Å². The largest absolute Gasteiger partial charge is 0.478 e. The molecule has 0 heterocycles. The summed E-state index contributed by atoms with van der Waals surface area (Å²) in [5.41, 5.74) is 2.57. The van der Waals surface area contributed by atoms with E-state index >= 15 is 0 Å². The highest BCUT2D eigenvalue weighted by Gasteiger charge is 2.23. The SMILES string of the molecule is CON(C(=O)c1ccccc1C(=O)O)c1ccc(-c2ccccc2)cc1. The van der Waals surface area contributed by atoms with Gasteiger partial charge in [-0.05, 0) is 35.4 Å². The van der Waals surface area contributed by atoms with E-state index in [1.54, 1.807) is 24.3 Å². The zero-order valence-corrected chi connectivity index (χ0v) is 14.1. The minimum Gasteiger partial charge on any atom is -0.478 e. The van der Waals surface area contributed by atoms with Gasteiger partial charge in [-0.2, -0.15) is 5.06 Å². The van der Waals surface area contributed by atoms with E-state index in [0.717, 1.165) is 16.2 Å². The van der Waals surface area contributed by atoms with Gasteiger partial charge < -0.3 is 5.11 Å². The summed E-state index contributed by atoms with van der Waals surface area (Å²) in [6.07, 6.45) is 0. The molecule has 0 bridgehead atoms. The third-order valence-electron chi connectivity index (χ3n) is 3.96. The Morgan fingerprint density at radius 3 is 1.88 bits per heavy atom. The lowest BCUT2D eigenvalue weighted by Crippen LogP contribution is -2.31. The second-order valence-corrected chi connectivity index (χ2v) is 5.55. The van der Waals surface area contributed by atoms with Crippen LogP contribution in [0.5, 0.6) is 0 Å². The minimum absolute atomic E-state index is 0.0639. The monoisotopic (exact) mass is 347 g/mol. The van der Waals surface area contributed by atoms with Gasteiger partial charge in [-0.1, -0.05) is 54.6 Å². The van der Waals surface area contributed by atoms with Crippen molar-refractivity contribution >= 4 is 17.6 Å². The van der Waals surface area contributed by atoms with E-state index < -0.39 is 11.9 Å². The lowest BCUT2D eigenvalue weighted by Gasteiger charge is -2.21. The van der Waals surface area contributed by atoms with Crippen molar-refractivity contribution in [3.8, 4) is 11.1 Å². The van der Waals surface area contributed by atoms with E-state index in [4.69, 9.17) is 4.84 Å². The number of carbonyl (C=O) groups excluding carboxylic acids is 1. The summed E-state index contributed by atoms with van der Waals surface area (Å²) in [6.45, 7) is 0. The van der Waals surface area contributed by atoms with E-state index in [9.17, 15) is 14.7 Å². The molecule has 0 saturated carbocycles. The Morgan fingerprint density at radius 1 is 0.769 bits per heavy atom. The van der Waals surface area contributed by atoms with Crippen molar-refractivity contribution in [2.45, 2.75) is 0 Å². The Morgan fingerprint density at radius 2 is 1.31 bits per heavy atom. The Balaban J connectivity index is 1.92. The number of carboxylic acid groups (broad SMARTS) is 1. The summed E-state index contributed by atoms with van der Waals surface area (Å²) >= 11 is 0. The number of carbonyl (C=O) groups is 2. The van der Waals surface area contributed by atoms with Crippen LogP contribution in [0.2, 0.25) is 0 Å². The van der Waals surface area contributed by atoms with Crippen LogP contribution in [-0.4, -0.2) is 24.1 Å². The molecule has 1 amide bonds. The fourth-order valence-electron chi connectivity index (χ4n) is 2.69. The van der Waals surface area contributed by atoms with Crippen LogP contribution in [0.15, 0.2) is 78.9 Å². The zero-order chi connectivity index (χ0) is 18.5. The lowest BCUT2D eigenvalue weighted by atomic mass is 10.0. The topological polar surface area (TPSA) is 66.8 Å². The maximum atomic E-state index is 12.8. The van der Waals surface area contributed by atoms with Crippen molar-refractivity contribution in [2.75, 3.05) is 12.2 Å². The maximum absolute atomic E-state index is 12.8. The van der Waals surface area contributed by atoms with Crippen LogP contribution in [0.3, 0.4) is 0 Å². The van der Waals surface area contributed by atoms with Gasteiger partial charge in [0, 0.05) is 0 Å². The van der Waals surface area contributed by atoms with Crippen molar-refractivity contribution in [3.05, 3.63) is 90.0 Å². The Labute approximate surface area is 151 Å². The standard InChI is InChI=1S/C21H17NO4/c1-26-22(20(23)18-9-5-6-10-19(18)21(24)25)17-13-11-16(12-14-17)15-7-3-2-4-8-15/h2-14H,1H3,(H,24,25). The molecule has 0 fully saturated rings. The van der Waals surface area contributed by atoms with E-state index in [-0.39, 0.29) is 11.1 Å². The molecule has 0 spiro atoms. The number of rotatable bonds is 5. The highest BCUT2D eigenvalue weighted by Crippen LogP contribution is 2.25. The van der Waals surface area contributed by atoms with Gasteiger partial charge >= 0.3 is 5.97 Å². The van der Waals surface area contributed by atoms with E-state index in [0.29, 0.717) is 5.69 Å². The van der Waals surface area contributed by atoms with Crippen molar-refractivity contribution in [1.29, 1.82) is 0 Å². The number of hydrogen-bond acceptors (Lipinski definition) is 3. The van der Waals surface area contributed by atoms with Gasteiger partial charge in [-0.15, -0.1) is 0 Å². The third kappa shape index (κ3) is 3.48. The van der Waals surface area contributed by atoms with Crippen molar-refractivity contribution in [3.63, 3.8) is 0 Å². The molecule has 0 aliphatic rings. The normalized spacial score (nSPS) is 10.3. The molecular weight excluding hydrogens is 330 g/mol. The molecule has 0 radical (unpaired) electrons. The summed E-state index contributed by atoms with van der Waals surface area (Å²) in [5, 5.41) is 10.4. The van der Waals surface area contributed by atoms with Gasteiger partial charge in [-0.25, -0.2) is 4.79 Å². The first-order valence-electron chi connectivity index (χ1n) is 7.98. The van der Waals surface area contributed by atoms with Gasteiger partial charge in [-0.3, -0.25) is 9.63 Å². The summed E-state index contributed by atoms with van der Waals surface area (Å²) in [5.74, 6) is -1.71. The zero-order valence-electron chi connectivity index (χ0n) is 14.1. The molecule has 5 nitrogen and oxygen atoms in total. The molecule has 3 rings (SSSR count). The maximum Gasteiger partial charge on any atom is 0.336 e. The number of hydrogen-bond donors (Lipinski definition) is 1. The number of hydroxylamine groups is 1. The Kier molecular flexibility index (Phi) is 5.10. The van der Waals surface area contributed by atoms with E-state index in [2.05, 4.69) is 0 Å². The summed E-state index contributed by atoms with van der Waals surface area (Å²) in [7, 11) is 1.37. The second-order valence-electron chi connectivity index (χ2n) is 5.55. The molecule has 5 heteroatoms. The highest BCUT2D eigenvalue weighted by atomic mass is 16.7. The van der Waals surface area contributed by atoms with Gasteiger partial charge in [0.2, 0.25) is 0 Å². The first-order valence-corrected chi connectivity index (χ1v) is 7.98. The van der Waals surface area contributed by atoms with Gasteiger partial charge in [0.05, 0.1) is 23.9 Å². The third-order valence-corrected chi connectivity index (χ3v) is 3.96. The van der Waals surface area contributed by atoms with Crippen molar-refractivity contribution in [1.82, 2.24) is 0 Å². The van der Waals surface area contributed by atoms with Crippen LogP contribution in [0.1, 0.15) is 20.7 Å². The number of amides is 1. The molecule has 0 aliphatic carbocycles. The fourth-order valence-corrected chi connectivity index (χ4v) is 2.69. The van der Waals surface area contributed by atoms with E-state index in [1.165, 1.54) is 19.2 Å². The van der Waals surface area contributed by atoms with Gasteiger partial charge in [0.1, 0.15) is 0 Å². The Bertz CT molecular complexity index is 920. The lowest BCUT2D eigenvalue weighted by molar-refractivity contribution is 0.0681. The van der Waals surface area contributed by atoms with Crippen LogP contribution in [0, 0.1) is 0 Å². The van der Waals surface area contributed by atoms with Crippen molar-refractivity contribution < 1.29 is 19.5 Å². The first kappa shape index (κ1) is 17.4. The number of nitrogens with zero attached hydrogens (tertiary/aromatic N) is 1. The van der Waals surface area contributed by atoms with Crippen LogP contribution in [0.25, 0.3) is 11.1 Å². The molecule has 3 aromatic carbocycles. The van der Waals surface area contributed by atoms with Crippen molar-refractivity contribution in [2.24, 2.45) is 0 Å². The number of carboxylic acids is 1. The second kappa shape index (κ2) is 7.63. The molecule has 3 aromatic rings. The summed E-state index contributed by atoms with van der Waals surface area (Å²) in [4.78, 5) is 29.4. The molecule has 0 aliphatic heterocycles. The molecule has 26 heavy (non-hydrogen) atoms. The predicted molar refractivity (Wildman–Crippen MR) is 99.1 cm³/mol. The number of anilines is 1. The fraction of sp³-hybridized carbons (Fsp3) is 0.0476. The van der Waals surface area contributed by atoms with Crippen LogP contribution in [0.4, 0.5) is 5.69 Å². The molecule has 0 aromatic heterocycles. The smallest absolute Gasteiger partial charge is 0.336 e. The number of aromatic carboxylic acids is 1. The minimum atomic E-state index is -1.16. The highest BCUT2D eigenvalue weighted by molar-refractivity contribution is 6.11. The van der Waals surface area contributed by atoms with Gasteiger partial charge in [0.25, 0.3) is 5.91 Å². The molecular formula is C21H17NO4. The molecule has 130 valence electrons. The quantitative estimate of drug-likeness (QED) is 0.700. The Hall–Kier alpha value is -3.44. The first-order chi connectivity index (χ1) is 12.6. The average molecular weight is 347 g/mol. The summed E-state index contributed by atoms with van der Waals surface area (Å²) in [6, 6.07) is 23.2. The van der Waals surface area contributed by atoms with Crippen LogP contribution in [-0.2, 0) is 4.84 Å². The molecule has 0 unspecified atom stereocenters. The molecule has 1 N–H and O–H groups in total. The molecule has 0 atom stereocenters. The predicted octanol–water partition coefficient (Wildman–Crippen LogP) is 4.26. The van der Waals surface area contributed by atoms with Gasteiger partial charge in [0.15, 0.2) is 0 Å².